The first kappa shape index (κ1) is 8.73. The van der Waals surface area contributed by atoms with Crippen LogP contribution in [0.5, 0.6) is 0 Å². The first-order valence-corrected chi connectivity index (χ1v) is 4.84. The van der Waals surface area contributed by atoms with E-state index in [9.17, 15) is 0 Å². The molecule has 0 aliphatic carbocycles. The monoisotopic (exact) mass is 175 g/mol. The van der Waals surface area contributed by atoms with Gasteiger partial charge in [0.25, 0.3) is 0 Å². The minimum atomic E-state index is -0.403. The molecule has 1 aromatic rings. The Bertz CT molecular complexity index is 263. The molecule has 1 aliphatic heterocycles. The van der Waals surface area contributed by atoms with E-state index in [2.05, 4.69) is 17.4 Å². The quantitative estimate of drug-likeness (QED) is 0.691. The molecule has 1 radical (unpaired) electrons. The number of rotatable bonds is 1. The summed E-state index contributed by atoms with van der Waals surface area (Å²) in [7, 11) is 0. The average Bonchev–Trinajstić information content (AvgIpc) is 2.20. The highest BCUT2D eigenvalue weighted by atomic mass is 15.1. The minimum absolute atomic E-state index is 0.403. The number of piperidine rings is 1. The molecule has 1 aliphatic rings. The fraction of sp³-hybridized carbons (Fsp3) is 0.455. The van der Waals surface area contributed by atoms with Gasteiger partial charge in [-0.05, 0) is 24.8 Å². The van der Waals surface area contributed by atoms with Crippen LogP contribution in [0.1, 0.15) is 24.8 Å². The van der Waals surface area contributed by atoms with Gasteiger partial charge in [0.05, 0.1) is 0 Å². The SMILES string of the molecule is NC1(c2ccccc2)CCCC[N]1. The van der Waals surface area contributed by atoms with Crippen LogP contribution in [0.25, 0.3) is 0 Å². The standard InChI is InChI=1S/C11H15N2/c12-11(8-4-5-9-13-11)10-6-2-1-3-7-10/h1-3,6-7H,4-5,8-9,12H2. The molecule has 0 spiro atoms. The Morgan fingerprint density at radius 1 is 1.15 bits per heavy atom. The van der Waals surface area contributed by atoms with Gasteiger partial charge in [0.1, 0.15) is 5.66 Å². The van der Waals surface area contributed by atoms with Crippen LogP contribution in [0.3, 0.4) is 0 Å². The van der Waals surface area contributed by atoms with E-state index in [1.807, 2.05) is 18.2 Å². The molecule has 69 valence electrons. The van der Waals surface area contributed by atoms with Crippen molar-refractivity contribution in [2.75, 3.05) is 6.54 Å². The molecule has 1 fully saturated rings. The number of nitrogens with zero attached hydrogens (tertiary/aromatic N) is 1. The smallest absolute Gasteiger partial charge is 0.108 e. The summed E-state index contributed by atoms with van der Waals surface area (Å²) < 4.78 is 0. The molecular formula is C11H15N2. The third kappa shape index (κ3) is 1.74. The van der Waals surface area contributed by atoms with Crippen LogP contribution in [-0.2, 0) is 5.66 Å². The van der Waals surface area contributed by atoms with Crippen molar-refractivity contribution in [2.24, 2.45) is 5.73 Å². The van der Waals surface area contributed by atoms with Crippen molar-refractivity contribution in [3.8, 4) is 0 Å². The van der Waals surface area contributed by atoms with Gasteiger partial charge >= 0.3 is 0 Å². The summed E-state index contributed by atoms with van der Waals surface area (Å²) in [5, 5.41) is 4.51. The van der Waals surface area contributed by atoms with E-state index in [0.29, 0.717) is 0 Å². The van der Waals surface area contributed by atoms with Gasteiger partial charge in [-0.2, -0.15) is 0 Å². The van der Waals surface area contributed by atoms with Crippen LogP contribution in [0.4, 0.5) is 0 Å². The fourth-order valence-corrected chi connectivity index (χ4v) is 1.83. The number of nitrogens with two attached hydrogens (primary N) is 1. The summed E-state index contributed by atoms with van der Waals surface area (Å²) in [6.45, 7) is 0.908. The summed E-state index contributed by atoms with van der Waals surface area (Å²) in [6.07, 6.45) is 3.36. The maximum absolute atomic E-state index is 6.21. The Balaban J connectivity index is 2.23. The average molecular weight is 175 g/mol. The molecule has 0 saturated carbocycles. The Morgan fingerprint density at radius 3 is 2.54 bits per heavy atom. The van der Waals surface area contributed by atoms with Crippen LogP contribution in [0, 0.1) is 0 Å². The number of hydrogen-bond acceptors (Lipinski definition) is 1. The molecule has 1 atom stereocenters. The van der Waals surface area contributed by atoms with Crippen molar-refractivity contribution >= 4 is 0 Å². The molecule has 0 aromatic heterocycles. The van der Waals surface area contributed by atoms with E-state index in [0.717, 1.165) is 18.5 Å². The second-order valence-corrected chi connectivity index (χ2v) is 3.63. The molecule has 13 heavy (non-hydrogen) atoms. The Morgan fingerprint density at radius 2 is 1.92 bits per heavy atom. The molecular weight excluding hydrogens is 160 g/mol. The van der Waals surface area contributed by atoms with Crippen LogP contribution in [0.2, 0.25) is 0 Å². The van der Waals surface area contributed by atoms with Crippen molar-refractivity contribution < 1.29 is 0 Å². The van der Waals surface area contributed by atoms with Crippen LogP contribution < -0.4 is 11.1 Å². The Labute approximate surface area is 79.1 Å². The minimum Gasteiger partial charge on any atom is -0.308 e. The second kappa shape index (κ2) is 3.48. The largest absolute Gasteiger partial charge is 0.308 e. The zero-order chi connectivity index (χ0) is 9.15. The van der Waals surface area contributed by atoms with Gasteiger partial charge in [-0.25, -0.2) is 5.32 Å². The van der Waals surface area contributed by atoms with Gasteiger partial charge < -0.3 is 5.73 Å². The lowest BCUT2D eigenvalue weighted by molar-refractivity contribution is 0.259. The fourth-order valence-electron chi connectivity index (χ4n) is 1.83. The van der Waals surface area contributed by atoms with E-state index in [1.165, 1.54) is 12.8 Å². The van der Waals surface area contributed by atoms with Gasteiger partial charge in [0.2, 0.25) is 0 Å². The van der Waals surface area contributed by atoms with Crippen LogP contribution in [-0.4, -0.2) is 6.54 Å². The summed E-state index contributed by atoms with van der Waals surface area (Å²) in [6, 6.07) is 10.2. The highest BCUT2D eigenvalue weighted by molar-refractivity contribution is 5.23. The van der Waals surface area contributed by atoms with E-state index in [-0.39, 0.29) is 0 Å². The maximum atomic E-state index is 6.21. The summed E-state index contributed by atoms with van der Waals surface area (Å²) in [5.41, 5.74) is 6.96. The predicted octanol–water partition coefficient (Wildman–Crippen LogP) is 1.59. The lowest BCUT2D eigenvalue weighted by Crippen LogP contribution is -2.48. The van der Waals surface area contributed by atoms with Gasteiger partial charge in [-0.15, -0.1) is 0 Å². The van der Waals surface area contributed by atoms with Crippen molar-refractivity contribution in [1.82, 2.24) is 5.32 Å². The molecule has 1 saturated heterocycles. The van der Waals surface area contributed by atoms with E-state index < -0.39 is 5.66 Å². The van der Waals surface area contributed by atoms with E-state index >= 15 is 0 Å². The molecule has 2 nitrogen and oxygen atoms in total. The Hall–Kier alpha value is -0.860. The highest BCUT2D eigenvalue weighted by Gasteiger charge is 2.29. The van der Waals surface area contributed by atoms with Crippen molar-refractivity contribution in [3.63, 3.8) is 0 Å². The van der Waals surface area contributed by atoms with Crippen molar-refractivity contribution in [2.45, 2.75) is 24.9 Å². The summed E-state index contributed by atoms with van der Waals surface area (Å²) in [5.74, 6) is 0. The van der Waals surface area contributed by atoms with Gasteiger partial charge in [-0.3, -0.25) is 0 Å². The van der Waals surface area contributed by atoms with Gasteiger partial charge in [-0.1, -0.05) is 30.3 Å². The molecule has 1 heterocycles. The third-order valence-corrected chi connectivity index (χ3v) is 2.63. The normalized spacial score (nSPS) is 28.7. The highest BCUT2D eigenvalue weighted by Crippen LogP contribution is 2.25. The van der Waals surface area contributed by atoms with Crippen LogP contribution >= 0.6 is 0 Å². The van der Waals surface area contributed by atoms with Gasteiger partial charge in [0.15, 0.2) is 0 Å². The van der Waals surface area contributed by atoms with Crippen LogP contribution in [0.15, 0.2) is 30.3 Å². The zero-order valence-corrected chi connectivity index (χ0v) is 7.74. The first-order valence-electron chi connectivity index (χ1n) is 4.84. The molecule has 2 heteroatoms. The topological polar surface area (TPSA) is 40.1 Å². The molecule has 0 amide bonds. The lowest BCUT2D eigenvalue weighted by atomic mass is 9.91. The lowest BCUT2D eigenvalue weighted by Gasteiger charge is -2.33. The van der Waals surface area contributed by atoms with Gasteiger partial charge in [0, 0.05) is 6.54 Å². The summed E-state index contributed by atoms with van der Waals surface area (Å²) in [4.78, 5) is 0. The van der Waals surface area contributed by atoms with Crippen molar-refractivity contribution in [1.29, 1.82) is 0 Å². The molecule has 2 N–H and O–H groups in total. The zero-order valence-electron chi connectivity index (χ0n) is 7.74. The number of hydrogen-bond donors (Lipinski definition) is 1. The third-order valence-electron chi connectivity index (χ3n) is 2.63. The molecule has 0 bridgehead atoms. The first-order chi connectivity index (χ1) is 6.31. The molecule has 2 rings (SSSR count). The predicted molar refractivity (Wildman–Crippen MR) is 53.2 cm³/mol. The molecule has 1 aromatic carbocycles. The second-order valence-electron chi connectivity index (χ2n) is 3.63. The van der Waals surface area contributed by atoms with Crippen molar-refractivity contribution in [3.05, 3.63) is 35.9 Å². The van der Waals surface area contributed by atoms with E-state index in [4.69, 9.17) is 5.73 Å². The summed E-state index contributed by atoms with van der Waals surface area (Å²) >= 11 is 0. The molecule has 1 unspecified atom stereocenters. The Kier molecular flexibility index (Phi) is 2.34. The maximum Gasteiger partial charge on any atom is 0.108 e. The van der Waals surface area contributed by atoms with E-state index in [1.54, 1.807) is 0 Å². The number of benzene rings is 1.